The lowest BCUT2D eigenvalue weighted by Gasteiger charge is -2.13. The number of rotatable bonds is 4. The molecule has 0 radical (unpaired) electrons. The van der Waals surface area contributed by atoms with Crippen molar-refractivity contribution in [2.24, 2.45) is 0 Å². The van der Waals surface area contributed by atoms with E-state index in [0.29, 0.717) is 5.75 Å². The summed E-state index contributed by atoms with van der Waals surface area (Å²) < 4.78 is 0. The average molecular weight is 263 g/mol. The van der Waals surface area contributed by atoms with Crippen molar-refractivity contribution < 1.29 is 9.59 Å². The Morgan fingerprint density at radius 3 is 2.89 bits per heavy atom. The van der Waals surface area contributed by atoms with Crippen LogP contribution in [0.2, 0.25) is 0 Å². The first kappa shape index (κ1) is 13.1. The molecule has 1 atom stereocenters. The van der Waals surface area contributed by atoms with Crippen molar-refractivity contribution in [1.29, 1.82) is 0 Å². The molecule has 0 heterocycles. The van der Waals surface area contributed by atoms with Crippen LogP contribution in [0.15, 0.2) is 18.2 Å². The molecule has 4 heteroatoms. The lowest BCUT2D eigenvalue weighted by Crippen LogP contribution is -2.28. The van der Waals surface area contributed by atoms with Gasteiger partial charge in [-0.05, 0) is 43.2 Å². The Bertz CT molecular complexity index is 485. The number of amides is 1. The van der Waals surface area contributed by atoms with Crippen LogP contribution in [0.4, 0.5) is 0 Å². The lowest BCUT2D eigenvalue weighted by atomic mass is 10.0. The van der Waals surface area contributed by atoms with Crippen molar-refractivity contribution in [1.82, 2.24) is 5.32 Å². The summed E-state index contributed by atoms with van der Waals surface area (Å²) in [5.41, 5.74) is 3.11. The van der Waals surface area contributed by atoms with Crippen LogP contribution in [-0.2, 0) is 11.2 Å². The van der Waals surface area contributed by atoms with Gasteiger partial charge in [-0.25, -0.2) is 0 Å². The summed E-state index contributed by atoms with van der Waals surface area (Å²) in [5.74, 6) is 0.667. The van der Waals surface area contributed by atoms with Gasteiger partial charge in [0, 0.05) is 5.56 Å². The lowest BCUT2D eigenvalue weighted by molar-refractivity contribution is -0.119. The van der Waals surface area contributed by atoms with E-state index in [4.69, 9.17) is 0 Å². The van der Waals surface area contributed by atoms with Gasteiger partial charge >= 0.3 is 0 Å². The van der Waals surface area contributed by atoms with Crippen LogP contribution in [0.1, 0.15) is 40.9 Å². The maximum atomic E-state index is 11.6. The Labute approximate surface area is 111 Å². The van der Waals surface area contributed by atoms with Crippen molar-refractivity contribution in [3.05, 3.63) is 34.9 Å². The maximum Gasteiger partial charge on any atom is 0.230 e. The second-order valence-corrected chi connectivity index (χ2v) is 5.43. The molecule has 1 aromatic carbocycles. The highest BCUT2D eigenvalue weighted by molar-refractivity contribution is 7.99. The highest BCUT2D eigenvalue weighted by Gasteiger charge is 2.24. The summed E-state index contributed by atoms with van der Waals surface area (Å²) >= 11 is 1.52. The fourth-order valence-corrected chi connectivity index (χ4v) is 2.70. The van der Waals surface area contributed by atoms with Gasteiger partial charge in [0.05, 0.1) is 11.8 Å². The van der Waals surface area contributed by atoms with Gasteiger partial charge < -0.3 is 5.32 Å². The Morgan fingerprint density at radius 1 is 1.44 bits per heavy atom. The molecule has 1 aromatic rings. The minimum Gasteiger partial charge on any atom is -0.349 e. The highest BCUT2D eigenvalue weighted by Crippen LogP contribution is 2.31. The molecule has 0 bridgehead atoms. The first-order valence-corrected chi connectivity index (χ1v) is 7.43. The zero-order valence-corrected chi connectivity index (χ0v) is 11.5. The number of aryl methyl sites for hydroxylation is 1. The van der Waals surface area contributed by atoms with E-state index in [9.17, 15) is 9.59 Å². The molecule has 0 saturated heterocycles. The Kier molecular flexibility index (Phi) is 4.07. The van der Waals surface area contributed by atoms with E-state index in [1.807, 2.05) is 24.5 Å². The molecule has 3 nitrogen and oxygen atoms in total. The molecule has 0 spiro atoms. The Morgan fingerprint density at radius 2 is 2.22 bits per heavy atom. The van der Waals surface area contributed by atoms with Crippen LogP contribution < -0.4 is 5.32 Å². The minimum atomic E-state index is 0.0796. The van der Waals surface area contributed by atoms with Crippen LogP contribution in [0.3, 0.4) is 0 Å². The Hall–Kier alpha value is -1.29. The average Bonchev–Trinajstić information content (AvgIpc) is 2.72. The van der Waals surface area contributed by atoms with Gasteiger partial charge in [-0.15, -0.1) is 0 Å². The number of ketones is 1. The van der Waals surface area contributed by atoms with E-state index in [1.165, 1.54) is 17.3 Å². The number of hydrogen-bond donors (Lipinski definition) is 1. The van der Waals surface area contributed by atoms with Gasteiger partial charge in [-0.3, -0.25) is 9.59 Å². The summed E-state index contributed by atoms with van der Waals surface area (Å²) in [6.45, 7) is 1.58. The number of Topliss-reactive ketones (excluding diaryl/α,β-unsaturated/α-hetero) is 1. The van der Waals surface area contributed by atoms with Crippen molar-refractivity contribution >= 4 is 23.5 Å². The molecule has 18 heavy (non-hydrogen) atoms. The molecule has 1 N–H and O–H groups in total. The SMILES string of the molecule is CSCC(=O)NC1CCc2cc(C(C)=O)ccc21. The standard InChI is InChI=1S/C14H17NO2S/c1-9(16)10-3-5-12-11(7-10)4-6-13(12)15-14(17)8-18-2/h3,5,7,13H,4,6,8H2,1-2H3,(H,15,17). The summed E-state index contributed by atoms with van der Waals surface area (Å²) in [6.07, 6.45) is 3.78. The fourth-order valence-electron chi connectivity index (χ4n) is 2.35. The summed E-state index contributed by atoms with van der Waals surface area (Å²) in [7, 11) is 0. The molecule has 1 aliphatic rings. The number of nitrogens with one attached hydrogen (secondary N) is 1. The first-order valence-electron chi connectivity index (χ1n) is 6.04. The highest BCUT2D eigenvalue weighted by atomic mass is 32.2. The van der Waals surface area contributed by atoms with Crippen LogP contribution in [-0.4, -0.2) is 23.7 Å². The van der Waals surface area contributed by atoms with E-state index in [2.05, 4.69) is 5.32 Å². The van der Waals surface area contributed by atoms with Crippen LogP contribution in [0.5, 0.6) is 0 Å². The minimum absolute atomic E-state index is 0.0796. The maximum absolute atomic E-state index is 11.6. The quantitative estimate of drug-likeness (QED) is 0.848. The van der Waals surface area contributed by atoms with Crippen molar-refractivity contribution in [2.75, 3.05) is 12.0 Å². The molecule has 0 aliphatic heterocycles. The molecular weight excluding hydrogens is 246 g/mol. The molecule has 2 rings (SSSR count). The van der Waals surface area contributed by atoms with Crippen molar-refractivity contribution in [3.8, 4) is 0 Å². The van der Waals surface area contributed by atoms with Crippen LogP contribution in [0, 0.1) is 0 Å². The molecule has 1 unspecified atom stereocenters. The normalized spacial score (nSPS) is 17.3. The molecule has 1 aliphatic carbocycles. The van der Waals surface area contributed by atoms with Crippen molar-refractivity contribution in [2.45, 2.75) is 25.8 Å². The second-order valence-electron chi connectivity index (χ2n) is 4.56. The zero-order valence-electron chi connectivity index (χ0n) is 10.7. The third-order valence-corrected chi connectivity index (χ3v) is 3.79. The van der Waals surface area contributed by atoms with Gasteiger partial charge in [0.2, 0.25) is 5.91 Å². The number of carbonyl (C=O) groups excluding carboxylic acids is 2. The Balaban J connectivity index is 2.14. The van der Waals surface area contributed by atoms with Crippen LogP contribution in [0.25, 0.3) is 0 Å². The summed E-state index contributed by atoms with van der Waals surface area (Å²) in [6, 6.07) is 5.89. The second kappa shape index (κ2) is 5.57. The number of fused-ring (bicyclic) bond motifs is 1. The molecular formula is C14H17NO2S. The van der Waals surface area contributed by atoms with Gasteiger partial charge in [-0.2, -0.15) is 11.8 Å². The topological polar surface area (TPSA) is 46.2 Å². The molecule has 1 amide bonds. The van der Waals surface area contributed by atoms with Gasteiger partial charge in [0.1, 0.15) is 0 Å². The monoisotopic (exact) mass is 263 g/mol. The van der Waals surface area contributed by atoms with Gasteiger partial charge in [-0.1, -0.05) is 12.1 Å². The molecule has 96 valence electrons. The van der Waals surface area contributed by atoms with E-state index in [0.717, 1.165) is 24.0 Å². The number of hydrogen-bond acceptors (Lipinski definition) is 3. The molecule has 0 aromatic heterocycles. The fraction of sp³-hybridized carbons (Fsp3) is 0.429. The van der Waals surface area contributed by atoms with E-state index >= 15 is 0 Å². The summed E-state index contributed by atoms with van der Waals surface area (Å²) in [4.78, 5) is 22.9. The number of benzene rings is 1. The van der Waals surface area contributed by atoms with Gasteiger partial charge in [0.25, 0.3) is 0 Å². The van der Waals surface area contributed by atoms with E-state index in [1.54, 1.807) is 6.92 Å². The largest absolute Gasteiger partial charge is 0.349 e. The van der Waals surface area contributed by atoms with Crippen molar-refractivity contribution in [3.63, 3.8) is 0 Å². The summed E-state index contributed by atoms with van der Waals surface area (Å²) in [5, 5.41) is 3.04. The predicted molar refractivity (Wildman–Crippen MR) is 74.0 cm³/mol. The first-order chi connectivity index (χ1) is 8.61. The number of thioether (sulfide) groups is 1. The smallest absolute Gasteiger partial charge is 0.230 e. The zero-order chi connectivity index (χ0) is 13.1. The molecule has 0 fully saturated rings. The third-order valence-electron chi connectivity index (χ3n) is 3.24. The predicted octanol–water partition coefficient (Wildman–Crippen LogP) is 2.36. The van der Waals surface area contributed by atoms with Crippen LogP contribution >= 0.6 is 11.8 Å². The van der Waals surface area contributed by atoms with E-state index in [-0.39, 0.29) is 17.7 Å². The number of carbonyl (C=O) groups is 2. The van der Waals surface area contributed by atoms with E-state index < -0.39 is 0 Å². The molecule has 0 saturated carbocycles. The third kappa shape index (κ3) is 2.75. The van der Waals surface area contributed by atoms with Gasteiger partial charge in [0.15, 0.2) is 5.78 Å².